The van der Waals surface area contributed by atoms with E-state index in [4.69, 9.17) is 0 Å². The Hall–Kier alpha value is -2.14. The van der Waals surface area contributed by atoms with E-state index in [1.807, 2.05) is 42.5 Å². The topological polar surface area (TPSA) is 49.4 Å². The van der Waals surface area contributed by atoms with Gasteiger partial charge in [-0.25, -0.2) is 4.90 Å². The summed E-state index contributed by atoms with van der Waals surface area (Å²) in [7, 11) is 0. The SMILES string of the molecule is O=C1CC(Nc2ccccc2Br)C(=O)N1c1ccccc1. The normalized spacial score (nSPS) is 18.1. The minimum atomic E-state index is -0.531. The Morgan fingerprint density at radius 1 is 1.00 bits per heavy atom. The third kappa shape index (κ3) is 2.69. The van der Waals surface area contributed by atoms with Gasteiger partial charge in [-0.2, -0.15) is 0 Å². The molecule has 1 heterocycles. The quantitative estimate of drug-likeness (QED) is 0.870. The first-order chi connectivity index (χ1) is 10.2. The summed E-state index contributed by atoms with van der Waals surface area (Å²) in [5, 5.41) is 3.13. The number of amides is 2. The zero-order chi connectivity index (χ0) is 14.8. The molecule has 3 rings (SSSR count). The fourth-order valence-corrected chi connectivity index (χ4v) is 2.76. The van der Waals surface area contributed by atoms with Crippen LogP contribution in [0, 0.1) is 0 Å². The van der Waals surface area contributed by atoms with Crippen LogP contribution in [0.25, 0.3) is 0 Å². The van der Waals surface area contributed by atoms with Crippen LogP contribution in [0.2, 0.25) is 0 Å². The van der Waals surface area contributed by atoms with Crippen LogP contribution in [0.1, 0.15) is 6.42 Å². The fraction of sp³-hybridized carbons (Fsp3) is 0.125. The molecule has 0 spiro atoms. The Morgan fingerprint density at radius 3 is 2.38 bits per heavy atom. The van der Waals surface area contributed by atoms with Crippen molar-refractivity contribution in [2.45, 2.75) is 12.5 Å². The third-order valence-corrected chi connectivity index (χ3v) is 4.06. The number of nitrogens with one attached hydrogen (secondary N) is 1. The van der Waals surface area contributed by atoms with Gasteiger partial charge in [0.25, 0.3) is 5.91 Å². The molecule has 0 bridgehead atoms. The molecule has 0 aromatic heterocycles. The second-order valence-electron chi connectivity index (χ2n) is 4.78. The van der Waals surface area contributed by atoms with Crippen LogP contribution in [-0.2, 0) is 9.59 Å². The number of benzene rings is 2. The molecule has 5 heteroatoms. The van der Waals surface area contributed by atoms with E-state index in [-0.39, 0.29) is 18.2 Å². The minimum Gasteiger partial charge on any atom is -0.372 e. The molecule has 1 saturated heterocycles. The maximum absolute atomic E-state index is 12.5. The smallest absolute Gasteiger partial charge is 0.256 e. The van der Waals surface area contributed by atoms with Crippen molar-refractivity contribution in [1.82, 2.24) is 0 Å². The fourth-order valence-electron chi connectivity index (χ4n) is 2.36. The summed E-state index contributed by atoms with van der Waals surface area (Å²) in [6.45, 7) is 0. The molecule has 0 aliphatic carbocycles. The molecule has 0 saturated carbocycles. The molecule has 1 aliphatic rings. The largest absolute Gasteiger partial charge is 0.372 e. The van der Waals surface area contributed by atoms with Crippen LogP contribution in [0.15, 0.2) is 59.1 Å². The van der Waals surface area contributed by atoms with Gasteiger partial charge in [-0.15, -0.1) is 0 Å². The van der Waals surface area contributed by atoms with Gasteiger partial charge in [0.2, 0.25) is 5.91 Å². The molecule has 21 heavy (non-hydrogen) atoms. The Morgan fingerprint density at radius 2 is 1.67 bits per heavy atom. The van der Waals surface area contributed by atoms with E-state index in [9.17, 15) is 9.59 Å². The van der Waals surface area contributed by atoms with E-state index >= 15 is 0 Å². The molecule has 1 N–H and O–H groups in total. The molecule has 1 fully saturated rings. The minimum absolute atomic E-state index is 0.162. The second kappa shape index (κ2) is 5.69. The average Bonchev–Trinajstić information content (AvgIpc) is 2.77. The number of imide groups is 1. The van der Waals surface area contributed by atoms with Crippen molar-refractivity contribution in [1.29, 1.82) is 0 Å². The lowest BCUT2D eigenvalue weighted by atomic mass is 10.2. The highest BCUT2D eigenvalue weighted by molar-refractivity contribution is 9.10. The maximum atomic E-state index is 12.5. The lowest BCUT2D eigenvalue weighted by Crippen LogP contribution is -2.34. The Labute approximate surface area is 130 Å². The number of carbonyl (C=O) groups excluding carboxylic acids is 2. The Bertz CT molecular complexity index is 688. The van der Waals surface area contributed by atoms with E-state index in [2.05, 4.69) is 21.2 Å². The van der Waals surface area contributed by atoms with E-state index < -0.39 is 6.04 Å². The van der Waals surface area contributed by atoms with Gasteiger partial charge in [0.1, 0.15) is 6.04 Å². The molecule has 2 aromatic carbocycles. The van der Waals surface area contributed by atoms with Crippen molar-refractivity contribution in [3.63, 3.8) is 0 Å². The highest BCUT2D eigenvalue weighted by Gasteiger charge is 2.39. The molecule has 1 unspecified atom stereocenters. The number of halogens is 1. The van der Waals surface area contributed by atoms with E-state index in [1.165, 1.54) is 4.90 Å². The molecule has 1 aliphatic heterocycles. The zero-order valence-electron chi connectivity index (χ0n) is 11.1. The van der Waals surface area contributed by atoms with Crippen LogP contribution in [-0.4, -0.2) is 17.9 Å². The van der Waals surface area contributed by atoms with Crippen molar-refractivity contribution >= 4 is 39.1 Å². The number of hydrogen-bond donors (Lipinski definition) is 1. The molecular weight excluding hydrogens is 332 g/mol. The predicted octanol–water partition coefficient (Wildman–Crippen LogP) is 3.19. The van der Waals surface area contributed by atoms with Crippen molar-refractivity contribution in [3.05, 3.63) is 59.1 Å². The van der Waals surface area contributed by atoms with Gasteiger partial charge >= 0.3 is 0 Å². The van der Waals surface area contributed by atoms with Gasteiger partial charge in [0.15, 0.2) is 0 Å². The van der Waals surface area contributed by atoms with E-state index in [0.717, 1.165) is 10.2 Å². The molecule has 0 radical (unpaired) electrons. The highest BCUT2D eigenvalue weighted by atomic mass is 79.9. The Balaban J connectivity index is 1.83. The predicted molar refractivity (Wildman–Crippen MR) is 85.1 cm³/mol. The number of nitrogens with zero attached hydrogens (tertiary/aromatic N) is 1. The monoisotopic (exact) mass is 344 g/mol. The first-order valence-corrected chi connectivity index (χ1v) is 7.39. The molecule has 2 aromatic rings. The highest BCUT2D eigenvalue weighted by Crippen LogP contribution is 2.27. The Kier molecular flexibility index (Phi) is 3.75. The van der Waals surface area contributed by atoms with Gasteiger partial charge in [-0.3, -0.25) is 9.59 Å². The van der Waals surface area contributed by atoms with Crippen LogP contribution >= 0.6 is 15.9 Å². The summed E-state index contributed by atoms with van der Waals surface area (Å²) in [5.74, 6) is -0.405. The van der Waals surface area contributed by atoms with Crippen molar-refractivity contribution in [2.75, 3.05) is 10.2 Å². The number of anilines is 2. The van der Waals surface area contributed by atoms with Crippen molar-refractivity contribution in [3.8, 4) is 0 Å². The standard InChI is InChI=1S/C16H13BrN2O2/c17-12-8-4-5-9-13(12)18-14-10-15(20)19(16(14)21)11-6-2-1-3-7-11/h1-9,14,18H,10H2. The first-order valence-electron chi connectivity index (χ1n) is 6.60. The van der Waals surface area contributed by atoms with Crippen LogP contribution in [0.4, 0.5) is 11.4 Å². The first kappa shape index (κ1) is 13.8. The summed E-state index contributed by atoms with van der Waals surface area (Å²) < 4.78 is 0.864. The number of rotatable bonds is 3. The lowest BCUT2D eigenvalue weighted by molar-refractivity contribution is -0.121. The van der Waals surface area contributed by atoms with Crippen LogP contribution in [0.3, 0.4) is 0 Å². The van der Waals surface area contributed by atoms with Gasteiger partial charge < -0.3 is 5.32 Å². The summed E-state index contributed by atoms with van der Waals surface area (Å²) in [6, 6.07) is 16.0. The summed E-state index contributed by atoms with van der Waals surface area (Å²) in [5.41, 5.74) is 1.42. The molecule has 1 atom stereocenters. The van der Waals surface area contributed by atoms with Crippen LogP contribution < -0.4 is 10.2 Å². The summed E-state index contributed by atoms with van der Waals surface area (Å²) >= 11 is 3.43. The molecular formula is C16H13BrN2O2. The average molecular weight is 345 g/mol. The van der Waals surface area contributed by atoms with Gasteiger partial charge in [0, 0.05) is 10.2 Å². The number of carbonyl (C=O) groups is 2. The zero-order valence-corrected chi connectivity index (χ0v) is 12.7. The van der Waals surface area contributed by atoms with E-state index in [0.29, 0.717) is 5.69 Å². The molecule has 106 valence electrons. The lowest BCUT2D eigenvalue weighted by Gasteiger charge is -2.16. The number of para-hydroxylation sites is 2. The molecule has 4 nitrogen and oxygen atoms in total. The molecule has 2 amide bonds. The summed E-state index contributed by atoms with van der Waals surface area (Å²) in [6.07, 6.45) is 0.162. The number of hydrogen-bond acceptors (Lipinski definition) is 3. The van der Waals surface area contributed by atoms with Gasteiger partial charge in [-0.1, -0.05) is 30.3 Å². The van der Waals surface area contributed by atoms with Crippen molar-refractivity contribution in [2.24, 2.45) is 0 Å². The van der Waals surface area contributed by atoms with Crippen molar-refractivity contribution < 1.29 is 9.59 Å². The van der Waals surface area contributed by atoms with Crippen LogP contribution in [0.5, 0.6) is 0 Å². The van der Waals surface area contributed by atoms with E-state index in [1.54, 1.807) is 12.1 Å². The maximum Gasteiger partial charge on any atom is 0.256 e. The van der Waals surface area contributed by atoms with Gasteiger partial charge in [-0.05, 0) is 40.2 Å². The summed E-state index contributed by atoms with van der Waals surface area (Å²) in [4.78, 5) is 25.8. The second-order valence-corrected chi connectivity index (χ2v) is 5.64. The third-order valence-electron chi connectivity index (χ3n) is 3.36. The van der Waals surface area contributed by atoms with Gasteiger partial charge in [0.05, 0.1) is 12.1 Å².